The van der Waals surface area contributed by atoms with Crippen molar-refractivity contribution in [2.45, 2.75) is 12.8 Å². The molecule has 0 atom stereocenters. The van der Waals surface area contributed by atoms with Crippen molar-refractivity contribution in [3.05, 3.63) is 55.6 Å². The number of hydrogen-bond acceptors (Lipinski definition) is 2. The molecule has 2 amide bonds. The molecular formula is C18H21Cl3IN3O. The zero-order chi connectivity index (χ0) is 18.4. The minimum absolute atomic E-state index is 0. The molecule has 0 heterocycles. The van der Waals surface area contributed by atoms with Crippen molar-refractivity contribution in [1.82, 2.24) is 4.90 Å². The number of aryl methyl sites for hydroxylation is 1. The molecule has 142 valence electrons. The summed E-state index contributed by atoms with van der Waals surface area (Å²) in [4.78, 5) is 14.4. The van der Waals surface area contributed by atoms with Crippen LogP contribution in [0.25, 0.3) is 0 Å². The molecule has 0 aliphatic carbocycles. The molecule has 2 rings (SSSR count). The Balaban J connectivity index is 0.00000338. The molecule has 26 heavy (non-hydrogen) atoms. The van der Waals surface area contributed by atoms with Crippen LogP contribution in [0.4, 0.5) is 16.2 Å². The van der Waals surface area contributed by atoms with Crippen LogP contribution in [0.1, 0.15) is 12.0 Å². The number of carbonyl (C=O) groups is 1. The van der Waals surface area contributed by atoms with E-state index in [1.54, 1.807) is 18.2 Å². The fraction of sp³-hybridized carbons (Fsp3) is 0.278. The topological polar surface area (TPSA) is 44.4 Å². The second kappa shape index (κ2) is 11.2. The lowest BCUT2D eigenvalue weighted by Gasteiger charge is -2.13. The quantitative estimate of drug-likeness (QED) is 0.441. The molecule has 0 aromatic heterocycles. The molecule has 2 aromatic rings. The lowest BCUT2D eigenvalue weighted by Crippen LogP contribution is -2.20. The monoisotopic (exact) mass is 527 g/mol. The van der Waals surface area contributed by atoms with Crippen LogP contribution in [-0.2, 0) is 6.42 Å². The Kier molecular flexibility index (Phi) is 10.0. The van der Waals surface area contributed by atoms with Gasteiger partial charge in [-0.3, -0.25) is 0 Å². The first-order valence-corrected chi connectivity index (χ1v) is 9.65. The Morgan fingerprint density at radius 2 is 1.88 bits per heavy atom. The molecule has 0 fully saturated rings. The van der Waals surface area contributed by atoms with Crippen molar-refractivity contribution in [1.29, 1.82) is 0 Å². The lowest BCUT2D eigenvalue weighted by molar-refractivity contribution is 0.262. The third-order valence-electron chi connectivity index (χ3n) is 3.55. The Labute approximate surface area is 184 Å². The Bertz CT molecular complexity index is 756. The Morgan fingerprint density at radius 3 is 2.58 bits per heavy atom. The number of anilines is 2. The Hall–Kier alpha value is -0.730. The van der Waals surface area contributed by atoms with E-state index in [0.717, 1.165) is 25.1 Å². The van der Waals surface area contributed by atoms with E-state index >= 15 is 0 Å². The highest BCUT2D eigenvalue weighted by molar-refractivity contribution is 14.1. The average Bonchev–Trinajstić information content (AvgIpc) is 2.54. The molecule has 0 saturated heterocycles. The third-order valence-corrected chi connectivity index (χ3v) is 5.43. The van der Waals surface area contributed by atoms with Crippen molar-refractivity contribution < 1.29 is 4.79 Å². The van der Waals surface area contributed by atoms with E-state index in [4.69, 9.17) is 23.2 Å². The van der Waals surface area contributed by atoms with Crippen LogP contribution < -0.4 is 10.6 Å². The first-order valence-electron chi connectivity index (χ1n) is 7.82. The summed E-state index contributed by atoms with van der Waals surface area (Å²) in [7, 11) is 4.13. The summed E-state index contributed by atoms with van der Waals surface area (Å²) in [5.74, 6) is 0. The van der Waals surface area contributed by atoms with Crippen LogP contribution in [0, 0.1) is 3.57 Å². The number of halogens is 4. The summed E-state index contributed by atoms with van der Waals surface area (Å²) in [6.45, 7) is 1.03. The fourth-order valence-electron chi connectivity index (χ4n) is 2.31. The summed E-state index contributed by atoms with van der Waals surface area (Å²) >= 11 is 14.4. The number of nitrogens with one attached hydrogen (secondary N) is 2. The largest absolute Gasteiger partial charge is 0.323 e. The zero-order valence-corrected chi connectivity index (χ0v) is 19.0. The molecule has 8 heteroatoms. The van der Waals surface area contributed by atoms with Gasteiger partial charge < -0.3 is 15.5 Å². The molecule has 2 N–H and O–H groups in total. The highest BCUT2D eigenvalue weighted by Crippen LogP contribution is 2.29. The van der Waals surface area contributed by atoms with Crippen LogP contribution in [-0.4, -0.2) is 31.6 Å². The van der Waals surface area contributed by atoms with Crippen LogP contribution in [0.5, 0.6) is 0 Å². The van der Waals surface area contributed by atoms with Gasteiger partial charge in [0, 0.05) is 9.26 Å². The molecule has 0 aliphatic heterocycles. The molecule has 2 aromatic carbocycles. The molecule has 0 radical (unpaired) electrons. The van der Waals surface area contributed by atoms with Gasteiger partial charge in [0.25, 0.3) is 0 Å². The normalized spacial score (nSPS) is 10.4. The summed E-state index contributed by atoms with van der Waals surface area (Å²) < 4.78 is 1.19. The van der Waals surface area contributed by atoms with Gasteiger partial charge in [0.15, 0.2) is 0 Å². The second-order valence-electron chi connectivity index (χ2n) is 5.89. The summed E-state index contributed by atoms with van der Waals surface area (Å²) in [5.41, 5.74) is 2.44. The smallest absolute Gasteiger partial charge is 0.309 e. The molecule has 0 bridgehead atoms. The predicted molar refractivity (Wildman–Crippen MR) is 122 cm³/mol. The number of urea groups is 1. The van der Waals surface area contributed by atoms with Gasteiger partial charge in [-0.25, -0.2) is 4.79 Å². The van der Waals surface area contributed by atoms with Gasteiger partial charge in [0.1, 0.15) is 0 Å². The molecule has 0 unspecified atom stereocenters. The first kappa shape index (κ1) is 23.3. The van der Waals surface area contributed by atoms with E-state index in [9.17, 15) is 4.79 Å². The van der Waals surface area contributed by atoms with Crippen molar-refractivity contribution >= 4 is 75.6 Å². The van der Waals surface area contributed by atoms with E-state index in [-0.39, 0.29) is 18.4 Å². The standard InChI is InChI=1S/C18H20Cl2IN3O.ClH/c1-24(2)10-4-5-12-11-13(8-9-15(12)21)22-18(25)23-16-7-3-6-14(19)17(16)20;/h3,6-9,11H,4-5,10H2,1-2H3,(H2,22,23,25);1H. The second-order valence-corrected chi connectivity index (χ2v) is 7.84. The molecule has 4 nitrogen and oxygen atoms in total. The Morgan fingerprint density at radius 1 is 1.15 bits per heavy atom. The SMILES string of the molecule is CN(C)CCCc1cc(NC(=O)Nc2cccc(Cl)c2Cl)ccc1I.Cl. The van der Waals surface area contributed by atoms with Gasteiger partial charge in [-0.2, -0.15) is 0 Å². The minimum atomic E-state index is -0.357. The van der Waals surface area contributed by atoms with Gasteiger partial charge in [-0.15, -0.1) is 12.4 Å². The number of carbonyl (C=O) groups excluding carboxylic acids is 1. The van der Waals surface area contributed by atoms with Crippen molar-refractivity contribution in [2.24, 2.45) is 0 Å². The molecule has 0 saturated carbocycles. The average molecular weight is 529 g/mol. The van der Waals surface area contributed by atoms with E-state index in [1.165, 1.54) is 9.13 Å². The van der Waals surface area contributed by atoms with Crippen molar-refractivity contribution in [3.63, 3.8) is 0 Å². The van der Waals surface area contributed by atoms with Crippen LogP contribution in [0.15, 0.2) is 36.4 Å². The van der Waals surface area contributed by atoms with E-state index < -0.39 is 0 Å². The van der Waals surface area contributed by atoms with E-state index in [2.05, 4.69) is 52.2 Å². The summed E-state index contributed by atoms with van der Waals surface area (Å²) in [6.07, 6.45) is 2.03. The number of nitrogens with zero attached hydrogens (tertiary/aromatic N) is 1. The molecule has 0 aliphatic rings. The van der Waals surface area contributed by atoms with Gasteiger partial charge in [-0.05, 0) is 92.0 Å². The zero-order valence-electron chi connectivity index (χ0n) is 14.5. The van der Waals surface area contributed by atoms with Crippen molar-refractivity contribution in [3.8, 4) is 0 Å². The van der Waals surface area contributed by atoms with Crippen LogP contribution in [0.3, 0.4) is 0 Å². The van der Waals surface area contributed by atoms with Crippen molar-refractivity contribution in [2.75, 3.05) is 31.3 Å². The van der Waals surface area contributed by atoms with E-state index in [1.807, 2.05) is 18.2 Å². The highest BCUT2D eigenvalue weighted by Gasteiger charge is 2.09. The fourth-order valence-corrected chi connectivity index (χ4v) is 3.27. The summed E-state index contributed by atoms with van der Waals surface area (Å²) in [5, 5.41) is 6.28. The maximum Gasteiger partial charge on any atom is 0.323 e. The maximum atomic E-state index is 12.2. The van der Waals surface area contributed by atoms with Gasteiger partial charge in [0.05, 0.1) is 15.7 Å². The number of benzene rings is 2. The highest BCUT2D eigenvalue weighted by atomic mass is 127. The first-order chi connectivity index (χ1) is 11.9. The maximum absolute atomic E-state index is 12.2. The van der Waals surface area contributed by atoms with Gasteiger partial charge in [0.2, 0.25) is 0 Å². The van der Waals surface area contributed by atoms with Crippen LogP contribution in [0.2, 0.25) is 10.0 Å². The third kappa shape index (κ3) is 7.12. The van der Waals surface area contributed by atoms with Gasteiger partial charge in [-0.1, -0.05) is 29.3 Å². The molecular weight excluding hydrogens is 507 g/mol. The molecule has 0 spiro atoms. The van der Waals surface area contributed by atoms with Gasteiger partial charge >= 0.3 is 6.03 Å². The minimum Gasteiger partial charge on any atom is -0.309 e. The number of rotatable bonds is 6. The number of hydrogen-bond donors (Lipinski definition) is 2. The van der Waals surface area contributed by atoms with E-state index in [0.29, 0.717) is 15.7 Å². The van der Waals surface area contributed by atoms with Crippen LogP contribution >= 0.6 is 58.2 Å². The summed E-state index contributed by atoms with van der Waals surface area (Å²) in [6, 6.07) is 10.7. The lowest BCUT2D eigenvalue weighted by atomic mass is 10.1. The predicted octanol–water partition coefficient (Wildman–Crippen LogP) is 6.16. The number of amides is 2.